The van der Waals surface area contributed by atoms with Crippen LogP contribution in [-0.2, 0) is 0 Å². The van der Waals surface area contributed by atoms with E-state index >= 15 is 0 Å². The third kappa shape index (κ3) is 2.85. The summed E-state index contributed by atoms with van der Waals surface area (Å²) in [5, 5.41) is 27.3. The predicted octanol–water partition coefficient (Wildman–Crippen LogP) is 1.87. The Morgan fingerprint density at radius 3 is 3.13 bits per heavy atom. The van der Waals surface area contributed by atoms with Crippen LogP contribution < -0.4 is 10.6 Å². The van der Waals surface area contributed by atoms with Crippen LogP contribution in [0.1, 0.15) is 31.4 Å². The zero-order chi connectivity index (χ0) is 15.8. The van der Waals surface area contributed by atoms with Crippen molar-refractivity contribution < 1.29 is 5.11 Å². The quantitative estimate of drug-likeness (QED) is 0.554. The molecule has 8 heteroatoms. The molecule has 0 aliphatic heterocycles. The van der Waals surface area contributed by atoms with Crippen LogP contribution in [0, 0.1) is 0 Å². The molecule has 1 saturated carbocycles. The van der Waals surface area contributed by atoms with Gasteiger partial charge in [0.1, 0.15) is 11.3 Å². The number of aliphatic hydroxyl groups excluding tert-OH is 1. The number of nitrogens with one attached hydrogen (secondary N) is 3. The lowest BCUT2D eigenvalue weighted by Gasteiger charge is -2.13. The van der Waals surface area contributed by atoms with Crippen LogP contribution in [-0.4, -0.2) is 42.6 Å². The average molecular weight is 313 g/mol. The van der Waals surface area contributed by atoms with Crippen LogP contribution >= 0.6 is 0 Å². The first-order chi connectivity index (χ1) is 11.2. The molecule has 0 unspecified atom stereocenters. The van der Waals surface area contributed by atoms with E-state index < -0.39 is 0 Å². The minimum absolute atomic E-state index is 0.0150. The lowest BCUT2D eigenvalue weighted by atomic mass is 10.3. The van der Waals surface area contributed by atoms with Crippen LogP contribution in [0.15, 0.2) is 24.4 Å². The van der Waals surface area contributed by atoms with Gasteiger partial charge < -0.3 is 15.7 Å². The Morgan fingerprint density at radius 2 is 2.35 bits per heavy atom. The van der Waals surface area contributed by atoms with E-state index in [-0.39, 0.29) is 12.6 Å². The standard InChI is InChI=1S/C15H19N7O/c1-9(8-23)16-15-18-14(12-3-2-6-22(12)21-15)17-13-7-11(19-20-13)10-4-5-10/h2-3,6-7,9-10,23H,4-5,8H2,1H3,(H3,16,17,18,19,20,21)/t9-/m0/s1. The molecule has 120 valence electrons. The van der Waals surface area contributed by atoms with Gasteiger partial charge in [-0.2, -0.15) is 10.1 Å². The maximum absolute atomic E-state index is 9.18. The number of rotatable bonds is 6. The lowest BCUT2D eigenvalue weighted by molar-refractivity contribution is 0.281. The van der Waals surface area contributed by atoms with Crippen molar-refractivity contribution >= 4 is 23.1 Å². The molecule has 0 radical (unpaired) electrons. The smallest absolute Gasteiger partial charge is 0.243 e. The topological polar surface area (TPSA) is 103 Å². The first kappa shape index (κ1) is 14.0. The number of aromatic nitrogens is 5. The highest BCUT2D eigenvalue weighted by Crippen LogP contribution is 2.39. The Balaban J connectivity index is 1.64. The van der Waals surface area contributed by atoms with Gasteiger partial charge in [-0.3, -0.25) is 5.10 Å². The van der Waals surface area contributed by atoms with E-state index in [0.29, 0.717) is 17.7 Å². The zero-order valence-corrected chi connectivity index (χ0v) is 12.8. The molecule has 1 fully saturated rings. The Kier molecular flexibility index (Phi) is 3.38. The third-order valence-corrected chi connectivity index (χ3v) is 3.89. The van der Waals surface area contributed by atoms with E-state index in [0.717, 1.165) is 17.0 Å². The summed E-state index contributed by atoms with van der Waals surface area (Å²) in [5.74, 6) is 2.56. The first-order valence-corrected chi connectivity index (χ1v) is 7.78. The number of nitrogens with zero attached hydrogens (tertiary/aromatic N) is 4. The summed E-state index contributed by atoms with van der Waals surface area (Å²) in [7, 11) is 0. The predicted molar refractivity (Wildman–Crippen MR) is 87.0 cm³/mol. The highest BCUT2D eigenvalue weighted by atomic mass is 16.3. The Labute approximate surface area is 132 Å². The molecule has 1 atom stereocenters. The molecule has 0 spiro atoms. The van der Waals surface area contributed by atoms with Crippen molar-refractivity contribution in [2.75, 3.05) is 17.2 Å². The maximum Gasteiger partial charge on any atom is 0.243 e. The second-order valence-electron chi connectivity index (χ2n) is 5.96. The summed E-state index contributed by atoms with van der Waals surface area (Å²) < 4.78 is 1.75. The number of H-pyrrole nitrogens is 1. The van der Waals surface area contributed by atoms with E-state index in [2.05, 4.69) is 30.9 Å². The van der Waals surface area contributed by atoms with Crippen molar-refractivity contribution in [2.45, 2.75) is 31.7 Å². The number of hydrogen-bond donors (Lipinski definition) is 4. The molecular formula is C15H19N7O. The fourth-order valence-electron chi connectivity index (χ4n) is 2.47. The van der Waals surface area contributed by atoms with Gasteiger partial charge in [-0.25, -0.2) is 4.52 Å². The van der Waals surface area contributed by atoms with Gasteiger partial charge in [0.15, 0.2) is 5.82 Å². The molecule has 0 saturated heterocycles. The third-order valence-electron chi connectivity index (χ3n) is 3.89. The second-order valence-corrected chi connectivity index (χ2v) is 5.96. The van der Waals surface area contributed by atoms with Gasteiger partial charge in [0.2, 0.25) is 5.95 Å². The summed E-state index contributed by atoms with van der Waals surface area (Å²) in [5.41, 5.74) is 1.97. The Bertz CT molecular complexity index is 820. The van der Waals surface area contributed by atoms with Crippen molar-refractivity contribution in [1.29, 1.82) is 0 Å². The van der Waals surface area contributed by atoms with Crippen LogP contribution in [0.3, 0.4) is 0 Å². The van der Waals surface area contributed by atoms with Gasteiger partial charge in [-0.15, -0.1) is 5.10 Å². The van der Waals surface area contributed by atoms with Gasteiger partial charge in [-0.1, -0.05) is 0 Å². The molecule has 1 aliphatic carbocycles. The van der Waals surface area contributed by atoms with E-state index in [9.17, 15) is 5.11 Å². The first-order valence-electron chi connectivity index (χ1n) is 7.78. The molecule has 3 aromatic heterocycles. The fraction of sp³-hybridized carbons (Fsp3) is 0.400. The minimum Gasteiger partial charge on any atom is -0.394 e. The number of hydrogen-bond acceptors (Lipinski definition) is 6. The van der Waals surface area contributed by atoms with E-state index in [1.54, 1.807) is 4.52 Å². The van der Waals surface area contributed by atoms with Gasteiger partial charge in [0.05, 0.1) is 12.3 Å². The number of fused-ring (bicyclic) bond motifs is 1. The fourth-order valence-corrected chi connectivity index (χ4v) is 2.47. The molecule has 4 rings (SSSR count). The average Bonchev–Trinajstić information content (AvgIpc) is 3.10. The Hall–Kier alpha value is -2.61. The van der Waals surface area contributed by atoms with E-state index in [1.165, 1.54) is 12.8 Å². The number of anilines is 3. The molecule has 8 nitrogen and oxygen atoms in total. The van der Waals surface area contributed by atoms with Crippen LogP contribution in [0.4, 0.5) is 17.6 Å². The molecule has 3 aromatic rings. The van der Waals surface area contributed by atoms with Crippen molar-refractivity contribution in [3.05, 3.63) is 30.1 Å². The van der Waals surface area contributed by atoms with E-state index in [1.807, 2.05) is 31.3 Å². The van der Waals surface area contributed by atoms with Crippen LogP contribution in [0.25, 0.3) is 5.52 Å². The van der Waals surface area contributed by atoms with Gasteiger partial charge in [0, 0.05) is 24.2 Å². The summed E-state index contributed by atoms with van der Waals surface area (Å²) in [4.78, 5) is 4.51. The summed E-state index contributed by atoms with van der Waals surface area (Å²) in [6, 6.07) is 5.77. The van der Waals surface area contributed by atoms with Crippen molar-refractivity contribution in [3.8, 4) is 0 Å². The summed E-state index contributed by atoms with van der Waals surface area (Å²) >= 11 is 0. The van der Waals surface area contributed by atoms with Gasteiger partial charge in [0.25, 0.3) is 0 Å². The van der Waals surface area contributed by atoms with Crippen molar-refractivity contribution in [3.63, 3.8) is 0 Å². The number of aliphatic hydroxyl groups is 1. The minimum atomic E-state index is -0.121. The Morgan fingerprint density at radius 1 is 1.48 bits per heavy atom. The SMILES string of the molecule is C[C@@H](CO)Nc1nc(Nc2cc(C3CC3)n[nH]2)c2cccn2n1. The molecule has 3 heterocycles. The zero-order valence-electron chi connectivity index (χ0n) is 12.8. The largest absolute Gasteiger partial charge is 0.394 e. The molecular weight excluding hydrogens is 294 g/mol. The molecule has 4 N–H and O–H groups in total. The van der Waals surface area contributed by atoms with Gasteiger partial charge in [-0.05, 0) is 31.9 Å². The van der Waals surface area contributed by atoms with Crippen molar-refractivity contribution in [2.24, 2.45) is 0 Å². The second kappa shape index (κ2) is 5.54. The normalized spacial score (nSPS) is 15.7. The molecule has 0 amide bonds. The highest BCUT2D eigenvalue weighted by molar-refractivity contribution is 5.73. The van der Waals surface area contributed by atoms with E-state index in [4.69, 9.17) is 0 Å². The monoisotopic (exact) mass is 313 g/mol. The summed E-state index contributed by atoms with van der Waals surface area (Å²) in [6.45, 7) is 1.88. The maximum atomic E-state index is 9.18. The molecule has 0 aromatic carbocycles. The van der Waals surface area contributed by atoms with Crippen LogP contribution in [0.2, 0.25) is 0 Å². The van der Waals surface area contributed by atoms with Crippen LogP contribution in [0.5, 0.6) is 0 Å². The summed E-state index contributed by atoms with van der Waals surface area (Å²) in [6.07, 6.45) is 4.29. The lowest BCUT2D eigenvalue weighted by Crippen LogP contribution is -2.21. The highest BCUT2D eigenvalue weighted by Gasteiger charge is 2.26. The number of aromatic amines is 1. The molecule has 1 aliphatic rings. The van der Waals surface area contributed by atoms with Crippen molar-refractivity contribution in [1.82, 2.24) is 24.8 Å². The molecule has 0 bridgehead atoms. The van der Waals surface area contributed by atoms with Gasteiger partial charge >= 0.3 is 0 Å². The molecule has 23 heavy (non-hydrogen) atoms.